The van der Waals surface area contributed by atoms with Gasteiger partial charge >= 0.3 is 5.76 Å². The van der Waals surface area contributed by atoms with Gasteiger partial charge in [0.1, 0.15) is 18.1 Å². The number of para-hydroxylation sites is 2. The highest BCUT2D eigenvalue weighted by molar-refractivity contribution is 5.79. The summed E-state index contributed by atoms with van der Waals surface area (Å²) in [4.78, 5) is 24.0. The zero-order valence-electron chi connectivity index (χ0n) is 12.3. The molecule has 1 aromatic carbocycles. The van der Waals surface area contributed by atoms with Gasteiger partial charge in [0.2, 0.25) is 5.91 Å². The Morgan fingerprint density at radius 3 is 2.73 bits per heavy atom. The minimum Gasteiger partial charge on any atom is -0.464 e. The number of fused-ring (bicyclic) bond motifs is 1. The van der Waals surface area contributed by atoms with Crippen molar-refractivity contribution in [2.45, 2.75) is 26.4 Å². The Morgan fingerprint density at radius 1 is 1.23 bits per heavy atom. The molecule has 0 saturated heterocycles. The number of aryl methyl sites for hydroxylation is 1. The predicted molar refractivity (Wildman–Crippen MR) is 80.5 cm³/mol. The fraction of sp³-hybridized carbons (Fsp3) is 0.250. The van der Waals surface area contributed by atoms with Crippen LogP contribution in [0.15, 0.2) is 50.0 Å². The molecule has 114 valence electrons. The summed E-state index contributed by atoms with van der Waals surface area (Å²) in [5.41, 5.74) is 1.07. The first-order chi connectivity index (χ1) is 10.5. The van der Waals surface area contributed by atoms with Gasteiger partial charge in [0.15, 0.2) is 5.58 Å². The molecule has 3 rings (SSSR count). The number of nitrogens with zero attached hydrogens (tertiary/aromatic N) is 1. The van der Waals surface area contributed by atoms with Crippen molar-refractivity contribution in [3.8, 4) is 0 Å². The van der Waals surface area contributed by atoms with Crippen molar-refractivity contribution in [2.24, 2.45) is 0 Å². The van der Waals surface area contributed by atoms with Crippen molar-refractivity contribution in [1.82, 2.24) is 9.88 Å². The van der Waals surface area contributed by atoms with E-state index in [0.717, 1.165) is 5.76 Å². The van der Waals surface area contributed by atoms with Gasteiger partial charge in [0.05, 0.1) is 11.6 Å². The summed E-state index contributed by atoms with van der Waals surface area (Å²) < 4.78 is 11.9. The van der Waals surface area contributed by atoms with Crippen LogP contribution in [0.3, 0.4) is 0 Å². The van der Waals surface area contributed by atoms with Gasteiger partial charge < -0.3 is 14.2 Å². The van der Waals surface area contributed by atoms with Crippen molar-refractivity contribution in [2.75, 3.05) is 0 Å². The van der Waals surface area contributed by atoms with Gasteiger partial charge in [-0.05, 0) is 38.1 Å². The van der Waals surface area contributed by atoms with Crippen LogP contribution in [0.2, 0.25) is 0 Å². The largest absolute Gasteiger partial charge is 0.464 e. The molecule has 0 aliphatic rings. The molecule has 0 fully saturated rings. The lowest BCUT2D eigenvalue weighted by molar-refractivity contribution is -0.122. The maximum Gasteiger partial charge on any atom is 0.420 e. The summed E-state index contributed by atoms with van der Waals surface area (Å²) in [6, 6.07) is 10.4. The Hall–Kier alpha value is -2.76. The average molecular weight is 300 g/mol. The summed E-state index contributed by atoms with van der Waals surface area (Å²) in [7, 11) is 0. The van der Waals surface area contributed by atoms with Crippen molar-refractivity contribution >= 4 is 17.0 Å². The number of carbonyl (C=O) groups is 1. The van der Waals surface area contributed by atoms with E-state index in [0.29, 0.717) is 16.9 Å². The molecule has 2 aromatic heterocycles. The second kappa shape index (κ2) is 5.55. The molecule has 0 radical (unpaired) electrons. The molecule has 1 atom stereocenters. The standard InChI is InChI=1S/C16H16N2O4/c1-10-7-8-13(21-10)11(2)17-15(19)9-18-12-5-3-4-6-14(12)22-16(18)20/h3-8,11H,9H2,1-2H3,(H,17,19). The molecule has 6 heteroatoms. The molecule has 0 saturated carbocycles. The molecule has 6 nitrogen and oxygen atoms in total. The summed E-state index contributed by atoms with van der Waals surface area (Å²) >= 11 is 0. The molecule has 1 N–H and O–H groups in total. The predicted octanol–water partition coefficient (Wildman–Crippen LogP) is 2.37. The van der Waals surface area contributed by atoms with E-state index in [9.17, 15) is 9.59 Å². The Kier molecular flexibility index (Phi) is 3.58. The monoisotopic (exact) mass is 300 g/mol. The van der Waals surface area contributed by atoms with Gasteiger partial charge in [-0.25, -0.2) is 4.79 Å². The lowest BCUT2D eigenvalue weighted by Crippen LogP contribution is -2.32. The highest BCUT2D eigenvalue weighted by Gasteiger charge is 2.16. The summed E-state index contributed by atoms with van der Waals surface area (Å²) in [6.07, 6.45) is 0. The minimum absolute atomic E-state index is 0.0973. The fourth-order valence-electron chi connectivity index (χ4n) is 2.35. The number of furan rings is 1. The van der Waals surface area contributed by atoms with E-state index in [2.05, 4.69) is 5.32 Å². The van der Waals surface area contributed by atoms with Crippen LogP contribution >= 0.6 is 0 Å². The third-order valence-corrected chi connectivity index (χ3v) is 3.44. The third kappa shape index (κ3) is 2.67. The Morgan fingerprint density at radius 2 is 2.00 bits per heavy atom. The van der Waals surface area contributed by atoms with Gasteiger partial charge in [-0.3, -0.25) is 9.36 Å². The molecule has 0 bridgehead atoms. The zero-order valence-corrected chi connectivity index (χ0v) is 12.3. The van der Waals surface area contributed by atoms with Crippen LogP contribution in [0.25, 0.3) is 11.1 Å². The molecule has 0 aliphatic carbocycles. The second-order valence-electron chi connectivity index (χ2n) is 5.16. The summed E-state index contributed by atoms with van der Waals surface area (Å²) in [5.74, 6) is 0.636. The first kappa shape index (κ1) is 14.2. The van der Waals surface area contributed by atoms with Gasteiger partial charge in [0.25, 0.3) is 0 Å². The van der Waals surface area contributed by atoms with Crippen LogP contribution in [0.4, 0.5) is 0 Å². The molecule has 0 spiro atoms. The highest BCUT2D eigenvalue weighted by Crippen LogP contribution is 2.16. The van der Waals surface area contributed by atoms with Crippen molar-refractivity contribution in [3.05, 3.63) is 58.5 Å². The summed E-state index contributed by atoms with van der Waals surface area (Å²) in [5, 5.41) is 2.81. The Balaban J connectivity index is 1.76. The molecule has 22 heavy (non-hydrogen) atoms. The van der Waals surface area contributed by atoms with Gasteiger partial charge in [0, 0.05) is 0 Å². The normalized spacial score (nSPS) is 12.5. The maximum atomic E-state index is 12.1. The lowest BCUT2D eigenvalue weighted by Gasteiger charge is -2.11. The van der Waals surface area contributed by atoms with Crippen molar-refractivity contribution in [3.63, 3.8) is 0 Å². The van der Waals surface area contributed by atoms with Crippen LogP contribution in [-0.4, -0.2) is 10.5 Å². The molecule has 1 unspecified atom stereocenters. The van der Waals surface area contributed by atoms with E-state index in [1.165, 1.54) is 4.57 Å². The molecule has 0 aliphatic heterocycles. The van der Waals surface area contributed by atoms with Crippen LogP contribution < -0.4 is 11.1 Å². The first-order valence-electron chi connectivity index (χ1n) is 6.98. The second-order valence-corrected chi connectivity index (χ2v) is 5.16. The summed E-state index contributed by atoms with van der Waals surface area (Å²) in [6.45, 7) is 3.57. The number of amides is 1. The number of aromatic nitrogens is 1. The van der Waals surface area contributed by atoms with Crippen LogP contribution in [-0.2, 0) is 11.3 Å². The van der Waals surface area contributed by atoms with Crippen LogP contribution in [0, 0.1) is 6.92 Å². The highest BCUT2D eigenvalue weighted by atomic mass is 16.4. The van der Waals surface area contributed by atoms with E-state index >= 15 is 0 Å². The van der Waals surface area contributed by atoms with E-state index < -0.39 is 5.76 Å². The first-order valence-corrected chi connectivity index (χ1v) is 6.98. The van der Waals surface area contributed by atoms with E-state index in [1.807, 2.05) is 26.0 Å². The quantitative estimate of drug-likeness (QED) is 0.802. The van der Waals surface area contributed by atoms with Crippen LogP contribution in [0.5, 0.6) is 0 Å². The van der Waals surface area contributed by atoms with E-state index in [-0.39, 0.29) is 18.5 Å². The fourth-order valence-corrected chi connectivity index (χ4v) is 2.35. The topological polar surface area (TPSA) is 77.4 Å². The smallest absolute Gasteiger partial charge is 0.420 e. The van der Waals surface area contributed by atoms with Crippen LogP contribution in [0.1, 0.15) is 24.5 Å². The molecular formula is C16H16N2O4. The Labute approximate surface area is 126 Å². The molecular weight excluding hydrogens is 284 g/mol. The number of benzene rings is 1. The number of rotatable bonds is 4. The average Bonchev–Trinajstić information content (AvgIpc) is 3.04. The Bertz CT molecular complexity index is 872. The minimum atomic E-state index is -0.544. The zero-order chi connectivity index (χ0) is 15.7. The van der Waals surface area contributed by atoms with Gasteiger partial charge in [-0.1, -0.05) is 12.1 Å². The van der Waals surface area contributed by atoms with Gasteiger partial charge in [-0.15, -0.1) is 0 Å². The van der Waals surface area contributed by atoms with Crippen molar-refractivity contribution in [1.29, 1.82) is 0 Å². The third-order valence-electron chi connectivity index (χ3n) is 3.44. The molecule has 3 aromatic rings. The van der Waals surface area contributed by atoms with E-state index in [4.69, 9.17) is 8.83 Å². The lowest BCUT2D eigenvalue weighted by atomic mass is 10.2. The number of hydrogen-bond donors (Lipinski definition) is 1. The van der Waals surface area contributed by atoms with Crippen molar-refractivity contribution < 1.29 is 13.6 Å². The molecule has 2 heterocycles. The number of carbonyl (C=O) groups excluding carboxylic acids is 1. The molecule has 1 amide bonds. The SMILES string of the molecule is Cc1ccc(C(C)NC(=O)Cn2c(=O)oc3ccccc32)o1. The van der Waals surface area contributed by atoms with Gasteiger partial charge in [-0.2, -0.15) is 0 Å². The number of nitrogens with one attached hydrogen (secondary N) is 1. The number of hydrogen-bond acceptors (Lipinski definition) is 4. The maximum absolute atomic E-state index is 12.1. The van der Waals surface area contributed by atoms with E-state index in [1.54, 1.807) is 24.3 Å². The number of oxazole rings is 1.